The third-order valence-corrected chi connectivity index (χ3v) is 3.77. The summed E-state index contributed by atoms with van der Waals surface area (Å²) in [6.45, 7) is 4.20. The Morgan fingerprint density at radius 2 is 1.72 bits per heavy atom. The van der Waals surface area contributed by atoms with Crippen molar-refractivity contribution in [2.24, 2.45) is 0 Å². The van der Waals surface area contributed by atoms with Crippen LogP contribution in [0.4, 0.5) is 0 Å². The van der Waals surface area contributed by atoms with Crippen LogP contribution in [0.1, 0.15) is 38.7 Å². The number of hydrogen-bond acceptors (Lipinski definition) is 1. The Morgan fingerprint density at radius 1 is 1.00 bits per heavy atom. The van der Waals surface area contributed by atoms with Crippen LogP contribution in [0.5, 0.6) is 0 Å². The summed E-state index contributed by atoms with van der Waals surface area (Å²) in [5.41, 5.74) is 0.699. The van der Waals surface area contributed by atoms with Gasteiger partial charge in [-0.15, -0.1) is 0 Å². The molecule has 1 nitrogen and oxygen atoms in total. The van der Waals surface area contributed by atoms with Gasteiger partial charge in [-0.3, -0.25) is 0 Å². The quantitative estimate of drug-likeness (QED) is 0.827. The van der Waals surface area contributed by atoms with E-state index < -0.39 is 5.60 Å². The molecule has 0 aliphatic rings. The van der Waals surface area contributed by atoms with E-state index in [2.05, 4.69) is 56.3 Å². The van der Waals surface area contributed by atoms with Gasteiger partial charge in [0.25, 0.3) is 0 Å². The molecule has 0 saturated heterocycles. The second-order valence-corrected chi connectivity index (χ2v) is 5.14. The first-order valence-corrected chi connectivity index (χ1v) is 6.87. The molecule has 96 valence electrons. The van der Waals surface area contributed by atoms with E-state index in [1.807, 2.05) is 0 Å². The summed E-state index contributed by atoms with van der Waals surface area (Å²) in [5, 5.41) is 13.2. The van der Waals surface area contributed by atoms with Gasteiger partial charge in [0, 0.05) is 6.42 Å². The molecule has 2 rings (SSSR count). The molecule has 18 heavy (non-hydrogen) atoms. The van der Waals surface area contributed by atoms with Crippen LogP contribution in [-0.2, 0) is 6.42 Å². The molecule has 1 atom stereocenters. The zero-order chi connectivity index (χ0) is 13.0. The highest BCUT2D eigenvalue weighted by atomic mass is 16.3. The fourth-order valence-electron chi connectivity index (χ4n) is 2.66. The van der Waals surface area contributed by atoms with Crippen molar-refractivity contribution in [2.45, 2.75) is 45.1 Å². The number of benzene rings is 2. The molecule has 2 aromatic rings. The van der Waals surface area contributed by atoms with Crippen molar-refractivity contribution in [1.82, 2.24) is 0 Å². The fourth-order valence-corrected chi connectivity index (χ4v) is 2.66. The second-order valence-electron chi connectivity index (χ2n) is 5.14. The highest BCUT2D eigenvalue weighted by Gasteiger charge is 2.24. The van der Waals surface area contributed by atoms with Crippen LogP contribution in [0, 0.1) is 0 Å². The van der Waals surface area contributed by atoms with Gasteiger partial charge in [0.2, 0.25) is 0 Å². The zero-order valence-electron chi connectivity index (χ0n) is 11.3. The first-order chi connectivity index (χ1) is 8.68. The average Bonchev–Trinajstić information content (AvgIpc) is 2.39. The van der Waals surface area contributed by atoms with Crippen LogP contribution in [0.25, 0.3) is 10.8 Å². The van der Waals surface area contributed by atoms with Crippen molar-refractivity contribution in [3.63, 3.8) is 0 Å². The van der Waals surface area contributed by atoms with E-state index in [1.54, 1.807) is 0 Å². The molecule has 0 aromatic heterocycles. The summed E-state index contributed by atoms with van der Waals surface area (Å²) < 4.78 is 0. The van der Waals surface area contributed by atoms with Crippen molar-refractivity contribution in [2.75, 3.05) is 0 Å². The largest absolute Gasteiger partial charge is 0.390 e. The standard InChI is InChI=1S/C17H22O/c1-3-12-17(18,4-2)13-15-10-7-9-14-8-5-6-11-16(14)15/h5-11,18H,3-4,12-13H2,1-2H3. The van der Waals surface area contributed by atoms with Gasteiger partial charge in [0.15, 0.2) is 0 Å². The maximum atomic E-state index is 10.6. The molecule has 0 radical (unpaired) electrons. The van der Waals surface area contributed by atoms with Crippen molar-refractivity contribution >= 4 is 10.8 Å². The third-order valence-electron chi connectivity index (χ3n) is 3.77. The van der Waals surface area contributed by atoms with E-state index in [4.69, 9.17) is 0 Å². The lowest BCUT2D eigenvalue weighted by molar-refractivity contribution is 0.0274. The second kappa shape index (κ2) is 5.53. The Kier molecular flexibility index (Phi) is 4.03. The van der Waals surface area contributed by atoms with Crippen LogP contribution in [0.3, 0.4) is 0 Å². The maximum absolute atomic E-state index is 10.6. The molecule has 1 unspecified atom stereocenters. The van der Waals surface area contributed by atoms with E-state index in [1.165, 1.54) is 16.3 Å². The molecule has 1 heteroatoms. The van der Waals surface area contributed by atoms with Gasteiger partial charge >= 0.3 is 0 Å². The van der Waals surface area contributed by atoms with Crippen molar-refractivity contribution < 1.29 is 5.11 Å². The van der Waals surface area contributed by atoms with Crippen molar-refractivity contribution in [1.29, 1.82) is 0 Å². The summed E-state index contributed by atoms with van der Waals surface area (Å²) in [6, 6.07) is 14.7. The van der Waals surface area contributed by atoms with Gasteiger partial charge in [-0.25, -0.2) is 0 Å². The Balaban J connectivity index is 2.36. The Hall–Kier alpha value is -1.34. The zero-order valence-corrected chi connectivity index (χ0v) is 11.3. The predicted molar refractivity (Wildman–Crippen MR) is 77.8 cm³/mol. The molecule has 0 saturated carbocycles. The molecular formula is C17H22O. The first-order valence-electron chi connectivity index (χ1n) is 6.87. The predicted octanol–water partition coefficient (Wildman–Crippen LogP) is 4.32. The van der Waals surface area contributed by atoms with Crippen LogP contribution in [0.15, 0.2) is 42.5 Å². The molecule has 0 aliphatic carbocycles. The number of fused-ring (bicyclic) bond motifs is 1. The molecule has 0 spiro atoms. The highest BCUT2D eigenvalue weighted by Crippen LogP contribution is 2.27. The molecule has 0 fully saturated rings. The summed E-state index contributed by atoms with van der Waals surface area (Å²) in [7, 11) is 0. The first kappa shape index (κ1) is 13.1. The van der Waals surface area contributed by atoms with Crippen LogP contribution < -0.4 is 0 Å². The maximum Gasteiger partial charge on any atom is 0.0685 e. The normalized spacial score (nSPS) is 14.6. The molecule has 0 heterocycles. The topological polar surface area (TPSA) is 20.2 Å². The van der Waals surface area contributed by atoms with Crippen molar-refractivity contribution in [3.8, 4) is 0 Å². The molecule has 0 amide bonds. The van der Waals surface area contributed by atoms with Crippen LogP contribution >= 0.6 is 0 Å². The lowest BCUT2D eigenvalue weighted by Gasteiger charge is -2.27. The smallest absolute Gasteiger partial charge is 0.0685 e. The molecular weight excluding hydrogens is 220 g/mol. The summed E-state index contributed by atoms with van der Waals surface area (Å²) in [4.78, 5) is 0. The third kappa shape index (κ3) is 2.73. The van der Waals surface area contributed by atoms with E-state index in [-0.39, 0.29) is 0 Å². The van der Waals surface area contributed by atoms with Gasteiger partial charge < -0.3 is 5.11 Å². The van der Waals surface area contributed by atoms with E-state index in [0.29, 0.717) is 0 Å². The minimum atomic E-state index is -0.557. The summed E-state index contributed by atoms with van der Waals surface area (Å²) >= 11 is 0. The van der Waals surface area contributed by atoms with Gasteiger partial charge in [0.05, 0.1) is 5.60 Å². The number of hydrogen-bond donors (Lipinski definition) is 1. The van der Waals surface area contributed by atoms with E-state index >= 15 is 0 Å². The van der Waals surface area contributed by atoms with Gasteiger partial charge in [-0.1, -0.05) is 62.7 Å². The monoisotopic (exact) mass is 242 g/mol. The van der Waals surface area contributed by atoms with Gasteiger partial charge in [-0.2, -0.15) is 0 Å². The van der Waals surface area contributed by atoms with E-state index in [0.717, 1.165) is 25.7 Å². The minimum Gasteiger partial charge on any atom is -0.390 e. The van der Waals surface area contributed by atoms with Gasteiger partial charge in [-0.05, 0) is 29.2 Å². The Bertz CT molecular complexity index is 513. The Labute approximate surface area is 109 Å². The minimum absolute atomic E-state index is 0.557. The van der Waals surface area contributed by atoms with Gasteiger partial charge in [0.1, 0.15) is 0 Å². The number of rotatable bonds is 5. The fraction of sp³-hybridized carbons (Fsp3) is 0.412. The number of aliphatic hydroxyl groups is 1. The molecule has 1 N–H and O–H groups in total. The van der Waals surface area contributed by atoms with Crippen LogP contribution in [0.2, 0.25) is 0 Å². The summed E-state index contributed by atoms with van der Waals surface area (Å²) in [5.74, 6) is 0. The van der Waals surface area contributed by atoms with Crippen molar-refractivity contribution in [3.05, 3.63) is 48.0 Å². The Morgan fingerprint density at radius 3 is 2.44 bits per heavy atom. The lowest BCUT2D eigenvalue weighted by atomic mass is 9.86. The SMILES string of the molecule is CCCC(O)(CC)Cc1cccc2ccccc12. The molecule has 2 aromatic carbocycles. The lowest BCUT2D eigenvalue weighted by Crippen LogP contribution is -2.30. The summed E-state index contributed by atoms with van der Waals surface area (Å²) in [6.07, 6.45) is 3.45. The average molecular weight is 242 g/mol. The van der Waals surface area contributed by atoms with E-state index in [9.17, 15) is 5.11 Å². The highest BCUT2D eigenvalue weighted by molar-refractivity contribution is 5.85. The molecule has 0 bridgehead atoms. The molecule has 0 aliphatic heterocycles. The van der Waals surface area contributed by atoms with Crippen LogP contribution in [-0.4, -0.2) is 10.7 Å².